The van der Waals surface area contributed by atoms with Crippen molar-refractivity contribution in [3.8, 4) is 5.75 Å². The van der Waals surface area contributed by atoms with Gasteiger partial charge in [0.1, 0.15) is 5.75 Å². The normalized spacial score (nSPS) is 23.0. The number of hydrogen-bond donors (Lipinski definition) is 3. The summed E-state index contributed by atoms with van der Waals surface area (Å²) in [5.74, 6) is -2.28. The number of rotatable bonds is 9. The van der Waals surface area contributed by atoms with Gasteiger partial charge in [0, 0.05) is 5.92 Å². The van der Waals surface area contributed by atoms with Crippen LogP contribution in [0.15, 0.2) is 65.3 Å². The molecule has 6 nitrogen and oxygen atoms in total. The van der Waals surface area contributed by atoms with Crippen LogP contribution in [0, 0.1) is 17.8 Å². The lowest BCUT2D eigenvalue weighted by atomic mass is 9.68. The Balaban J connectivity index is 1.55. The van der Waals surface area contributed by atoms with Gasteiger partial charge in [0.15, 0.2) is 0 Å². The summed E-state index contributed by atoms with van der Waals surface area (Å²) in [5.41, 5.74) is 4.00. The Morgan fingerprint density at radius 1 is 1.14 bits per heavy atom. The van der Waals surface area contributed by atoms with Gasteiger partial charge >= 0.3 is 0 Å². The number of benzene rings is 2. The summed E-state index contributed by atoms with van der Waals surface area (Å²) >= 11 is 6.30. The topological polar surface area (TPSA) is 98.1 Å². The maximum Gasteiger partial charge on any atom is 0.238 e. The highest BCUT2D eigenvalue weighted by Crippen LogP contribution is 2.47. The molecule has 3 N–H and O–H groups in total. The minimum absolute atomic E-state index is 0.105. The maximum absolute atomic E-state index is 13.5. The van der Waals surface area contributed by atoms with E-state index in [4.69, 9.17) is 11.6 Å². The number of nitrogens with zero attached hydrogens (tertiary/aromatic N) is 1. The predicted molar refractivity (Wildman–Crippen MR) is 145 cm³/mol. The minimum Gasteiger partial charge on any atom is -0.508 e. The van der Waals surface area contributed by atoms with Crippen LogP contribution in [0.1, 0.15) is 51.5 Å². The van der Waals surface area contributed by atoms with Crippen molar-refractivity contribution in [2.75, 3.05) is 11.5 Å². The summed E-state index contributed by atoms with van der Waals surface area (Å²) in [6.07, 6.45) is 4.33. The predicted octanol–water partition coefficient (Wildman–Crippen LogP) is 5.50. The number of imide groups is 1. The summed E-state index contributed by atoms with van der Waals surface area (Å²) in [7, 11) is 0. The molecule has 2 aromatic carbocycles. The number of aromatic hydroxyl groups is 1. The Labute approximate surface area is 222 Å². The molecule has 2 amide bonds. The van der Waals surface area contributed by atoms with Crippen LogP contribution in [-0.4, -0.2) is 39.8 Å². The third kappa shape index (κ3) is 5.52. The quantitative estimate of drug-likeness (QED) is 0.297. The van der Waals surface area contributed by atoms with Gasteiger partial charge in [0.25, 0.3) is 0 Å². The van der Waals surface area contributed by atoms with Crippen molar-refractivity contribution in [1.29, 1.82) is 0 Å². The fourth-order valence-electron chi connectivity index (χ4n) is 5.87. The second kappa shape index (κ2) is 11.6. The molecule has 4 atom stereocenters. The van der Waals surface area contributed by atoms with Crippen LogP contribution >= 0.6 is 11.6 Å². The standard InChI is InChI=1S/C30H34ClNO5/c1-3-7-19(15-20-11-12-22(34)16-25(20)31)10-13-26(35)27-18(2)14-23-28(24(27)17-33)30(37)32(29(23)36)21-8-5-4-6-9-21/h4-6,8-9,11-12,15-16,23-24,26,28,33-35H,3,7,10,13-14,17H2,1-2H3/b19-15+/t23-,24+,26-,28-/m1/s1. The molecule has 0 spiro atoms. The number of allylic oxidation sites excluding steroid dienone is 2. The molecule has 0 unspecified atom stereocenters. The zero-order chi connectivity index (χ0) is 26.7. The van der Waals surface area contributed by atoms with Crippen molar-refractivity contribution in [2.45, 2.75) is 52.1 Å². The fourth-order valence-corrected chi connectivity index (χ4v) is 6.10. The molecule has 1 fully saturated rings. The average molecular weight is 524 g/mol. The molecule has 4 rings (SSSR count). The Kier molecular flexibility index (Phi) is 8.53. The van der Waals surface area contributed by atoms with E-state index >= 15 is 0 Å². The molecule has 0 bridgehead atoms. The first kappa shape index (κ1) is 27.1. The summed E-state index contributed by atoms with van der Waals surface area (Å²) in [4.78, 5) is 27.9. The highest BCUT2D eigenvalue weighted by molar-refractivity contribution is 6.32. The van der Waals surface area contributed by atoms with Crippen molar-refractivity contribution in [3.05, 3.63) is 75.8 Å². The number of halogens is 1. The van der Waals surface area contributed by atoms with Crippen LogP contribution in [0.25, 0.3) is 6.08 Å². The maximum atomic E-state index is 13.5. The van der Waals surface area contributed by atoms with Gasteiger partial charge in [-0.2, -0.15) is 0 Å². The molecular weight excluding hydrogens is 490 g/mol. The molecule has 2 aromatic rings. The van der Waals surface area contributed by atoms with Crippen LogP contribution in [0.2, 0.25) is 5.02 Å². The van der Waals surface area contributed by atoms with Gasteiger partial charge in [0.05, 0.1) is 35.3 Å². The molecule has 1 aliphatic heterocycles. The number of anilines is 1. The monoisotopic (exact) mass is 523 g/mol. The molecule has 1 aliphatic carbocycles. The second-order valence-electron chi connectivity index (χ2n) is 10.0. The zero-order valence-corrected chi connectivity index (χ0v) is 22.0. The number of phenols is 1. The van der Waals surface area contributed by atoms with Gasteiger partial charge in [-0.05, 0) is 74.1 Å². The van der Waals surface area contributed by atoms with Gasteiger partial charge in [-0.3, -0.25) is 14.5 Å². The minimum atomic E-state index is -0.845. The van der Waals surface area contributed by atoms with E-state index in [2.05, 4.69) is 6.92 Å². The van der Waals surface area contributed by atoms with Crippen molar-refractivity contribution < 1.29 is 24.9 Å². The number of hydrogen-bond acceptors (Lipinski definition) is 5. The van der Waals surface area contributed by atoms with Crippen LogP contribution in [0.5, 0.6) is 5.75 Å². The Bertz CT molecular complexity index is 1220. The number of carbonyl (C=O) groups excluding carboxylic acids is 2. The lowest BCUT2D eigenvalue weighted by Crippen LogP contribution is -2.38. The first-order valence-corrected chi connectivity index (χ1v) is 13.2. The number of aliphatic hydroxyl groups excluding tert-OH is 2. The van der Waals surface area contributed by atoms with E-state index in [1.54, 1.807) is 36.4 Å². The first-order chi connectivity index (χ1) is 17.8. The van der Waals surface area contributed by atoms with Crippen molar-refractivity contribution in [3.63, 3.8) is 0 Å². The van der Waals surface area contributed by atoms with Gasteiger partial charge in [-0.1, -0.05) is 60.4 Å². The van der Waals surface area contributed by atoms with Crippen LogP contribution in [-0.2, 0) is 9.59 Å². The van der Waals surface area contributed by atoms with E-state index in [1.165, 1.54) is 11.0 Å². The Hall–Kier alpha value is -2.93. The van der Waals surface area contributed by atoms with E-state index in [0.717, 1.165) is 29.6 Å². The highest BCUT2D eigenvalue weighted by Gasteiger charge is 2.54. The first-order valence-electron chi connectivity index (χ1n) is 12.9. The molecule has 0 aromatic heterocycles. The lowest BCUT2D eigenvalue weighted by molar-refractivity contribution is -0.123. The molecule has 37 heavy (non-hydrogen) atoms. The molecule has 2 aliphatic rings. The summed E-state index contributed by atoms with van der Waals surface area (Å²) in [6, 6.07) is 13.7. The molecule has 0 radical (unpaired) electrons. The summed E-state index contributed by atoms with van der Waals surface area (Å²) in [6.45, 7) is 3.66. The van der Waals surface area contributed by atoms with Gasteiger partial charge in [-0.15, -0.1) is 0 Å². The molecule has 1 heterocycles. The average Bonchev–Trinajstić information content (AvgIpc) is 3.12. The Morgan fingerprint density at radius 3 is 2.51 bits per heavy atom. The van der Waals surface area contributed by atoms with E-state index in [1.807, 2.05) is 19.1 Å². The van der Waals surface area contributed by atoms with E-state index in [9.17, 15) is 24.9 Å². The molecule has 0 saturated carbocycles. The van der Waals surface area contributed by atoms with Crippen LogP contribution < -0.4 is 4.90 Å². The molecular formula is C30H34ClNO5. The smallest absolute Gasteiger partial charge is 0.238 e. The van der Waals surface area contributed by atoms with Crippen molar-refractivity contribution in [2.24, 2.45) is 17.8 Å². The van der Waals surface area contributed by atoms with Crippen molar-refractivity contribution in [1.82, 2.24) is 0 Å². The highest BCUT2D eigenvalue weighted by atomic mass is 35.5. The molecule has 196 valence electrons. The SMILES string of the molecule is CCC/C(=C\c1ccc(O)cc1Cl)CC[C@@H](O)C1=C(C)C[C@H]2C(=O)N(c3ccccc3)C(=O)[C@H]2[C@H]1CO. The van der Waals surface area contributed by atoms with Crippen LogP contribution in [0.3, 0.4) is 0 Å². The number of amides is 2. The molecule has 1 saturated heterocycles. The number of aliphatic hydroxyl groups is 2. The van der Waals surface area contributed by atoms with Gasteiger partial charge < -0.3 is 15.3 Å². The Morgan fingerprint density at radius 2 is 1.86 bits per heavy atom. The third-order valence-corrected chi connectivity index (χ3v) is 7.88. The van der Waals surface area contributed by atoms with Crippen molar-refractivity contribution >= 4 is 35.2 Å². The summed E-state index contributed by atoms with van der Waals surface area (Å²) < 4.78 is 0. The number of fused-ring (bicyclic) bond motifs is 1. The lowest BCUT2D eigenvalue weighted by Gasteiger charge is -2.35. The number of para-hydroxylation sites is 1. The third-order valence-electron chi connectivity index (χ3n) is 7.55. The number of phenolic OH excluding ortho intramolecular Hbond substituents is 1. The molecule has 7 heteroatoms. The zero-order valence-electron chi connectivity index (χ0n) is 21.2. The van der Waals surface area contributed by atoms with Crippen LogP contribution in [0.4, 0.5) is 5.69 Å². The van der Waals surface area contributed by atoms with E-state index < -0.39 is 23.9 Å². The largest absolute Gasteiger partial charge is 0.508 e. The number of carbonyl (C=O) groups is 2. The summed E-state index contributed by atoms with van der Waals surface area (Å²) in [5, 5.41) is 31.8. The van der Waals surface area contributed by atoms with E-state index in [-0.39, 0.29) is 24.2 Å². The fraction of sp³-hybridized carbons (Fsp3) is 0.400. The van der Waals surface area contributed by atoms with Gasteiger partial charge in [0.2, 0.25) is 11.8 Å². The van der Waals surface area contributed by atoms with Gasteiger partial charge in [-0.25, -0.2) is 0 Å². The second-order valence-corrected chi connectivity index (χ2v) is 10.4. The van der Waals surface area contributed by atoms with E-state index in [0.29, 0.717) is 35.5 Å².